The second kappa shape index (κ2) is 8.85. The van der Waals surface area contributed by atoms with Gasteiger partial charge >= 0.3 is 0 Å². The number of nitrogens with zero attached hydrogens (tertiary/aromatic N) is 1. The molecule has 0 aromatic rings. The summed E-state index contributed by atoms with van der Waals surface area (Å²) in [6, 6.07) is 0. The van der Waals surface area contributed by atoms with Gasteiger partial charge in [-0.05, 0) is 27.9 Å². The molecule has 0 saturated carbocycles. The van der Waals surface area contributed by atoms with E-state index in [0.29, 0.717) is 26.3 Å². The van der Waals surface area contributed by atoms with Gasteiger partial charge in [-0.3, -0.25) is 0 Å². The van der Waals surface area contributed by atoms with E-state index in [9.17, 15) is 8.42 Å². The molecule has 0 unspecified atom stereocenters. The minimum atomic E-state index is -2.92. The zero-order valence-electron chi connectivity index (χ0n) is 11.4. The van der Waals surface area contributed by atoms with Crippen LogP contribution in [0.5, 0.6) is 0 Å². The van der Waals surface area contributed by atoms with Crippen LogP contribution < -0.4 is 5.32 Å². The van der Waals surface area contributed by atoms with Gasteiger partial charge in [0.2, 0.25) is 0 Å². The molecule has 5 nitrogen and oxygen atoms in total. The second-order valence-electron chi connectivity index (χ2n) is 4.58. The Morgan fingerprint density at radius 1 is 1.18 bits per heavy atom. The lowest BCUT2D eigenvalue weighted by molar-refractivity contribution is 0.119. The van der Waals surface area contributed by atoms with Crippen LogP contribution in [-0.4, -0.2) is 71.3 Å². The number of ether oxygens (including phenoxy) is 1. The molecule has 1 N–H and O–H groups in total. The Hall–Kier alpha value is -0.170. The highest BCUT2D eigenvalue weighted by atomic mass is 32.2. The molecular weight excluding hydrogens is 240 g/mol. The van der Waals surface area contributed by atoms with Gasteiger partial charge < -0.3 is 15.0 Å². The predicted molar refractivity (Wildman–Crippen MR) is 71.2 cm³/mol. The third-order valence-corrected chi connectivity index (χ3v) is 4.60. The second-order valence-corrected chi connectivity index (χ2v) is 7.26. The van der Waals surface area contributed by atoms with Gasteiger partial charge in [0.25, 0.3) is 0 Å². The molecule has 6 heteroatoms. The van der Waals surface area contributed by atoms with Crippen LogP contribution in [-0.2, 0) is 14.6 Å². The van der Waals surface area contributed by atoms with Gasteiger partial charge in [0.1, 0.15) is 0 Å². The lowest BCUT2D eigenvalue weighted by Crippen LogP contribution is -2.29. The van der Waals surface area contributed by atoms with Gasteiger partial charge in [-0.25, -0.2) is 8.42 Å². The standard InChI is InChI=1S/C11H26N2O3S/c1-11(2)17(14,15)10-6-12-5-8-16-9-7-13(3)4/h11-12H,5-10H2,1-4H3. The molecule has 0 spiro atoms. The SMILES string of the molecule is CC(C)S(=O)(=O)CCNCCOCCN(C)C. The maximum Gasteiger partial charge on any atom is 0.153 e. The van der Waals surface area contributed by atoms with Crippen molar-refractivity contribution >= 4 is 9.84 Å². The first kappa shape index (κ1) is 16.8. The lowest BCUT2D eigenvalue weighted by Gasteiger charge is -2.11. The largest absolute Gasteiger partial charge is 0.379 e. The Labute approximate surface area is 105 Å². The minimum Gasteiger partial charge on any atom is -0.379 e. The first-order valence-electron chi connectivity index (χ1n) is 6.01. The molecule has 104 valence electrons. The van der Waals surface area contributed by atoms with E-state index in [1.54, 1.807) is 13.8 Å². The van der Waals surface area contributed by atoms with Crippen molar-refractivity contribution in [3.05, 3.63) is 0 Å². The summed E-state index contributed by atoms with van der Waals surface area (Å²) >= 11 is 0. The van der Waals surface area contributed by atoms with E-state index >= 15 is 0 Å². The van der Waals surface area contributed by atoms with Crippen molar-refractivity contribution in [2.24, 2.45) is 0 Å². The van der Waals surface area contributed by atoms with Gasteiger partial charge in [0.15, 0.2) is 9.84 Å². The molecule has 0 aliphatic heterocycles. The quantitative estimate of drug-likeness (QED) is 0.563. The molecule has 0 atom stereocenters. The first-order chi connectivity index (χ1) is 7.86. The van der Waals surface area contributed by atoms with Crippen LogP contribution in [0, 0.1) is 0 Å². The summed E-state index contributed by atoms with van der Waals surface area (Å²) in [6.45, 7) is 6.84. The fourth-order valence-electron chi connectivity index (χ4n) is 1.07. The number of likely N-dealkylation sites (N-methyl/N-ethyl adjacent to an activating group) is 1. The highest BCUT2D eigenvalue weighted by Crippen LogP contribution is 1.98. The number of rotatable bonds is 10. The van der Waals surface area contributed by atoms with Gasteiger partial charge in [-0.2, -0.15) is 0 Å². The molecule has 0 aromatic carbocycles. The number of hydrogen-bond acceptors (Lipinski definition) is 5. The summed E-state index contributed by atoms with van der Waals surface area (Å²) in [5.74, 6) is 0.197. The van der Waals surface area contributed by atoms with Crippen molar-refractivity contribution in [2.75, 3.05) is 52.7 Å². The zero-order valence-corrected chi connectivity index (χ0v) is 12.2. The third kappa shape index (κ3) is 9.52. The summed E-state index contributed by atoms with van der Waals surface area (Å²) < 4.78 is 28.3. The lowest BCUT2D eigenvalue weighted by atomic mass is 10.6. The van der Waals surface area contributed by atoms with E-state index in [-0.39, 0.29) is 11.0 Å². The van der Waals surface area contributed by atoms with E-state index in [1.165, 1.54) is 0 Å². The monoisotopic (exact) mass is 266 g/mol. The molecule has 0 bridgehead atoms. The smallest absolute Gasteiger partial charge is 0.153 e. The van der Waals surface area contributed by atoms with E-state index in [1.807, 2.05) is 14.1 Å². The van der Waals surface area contributed by atoms with Gasteiger partial charge in [0.05, 0.1) is 24.2 Å². The fourth-order valence-corrected chi connectivity index (χ4v) is 1.97. The molecule has 0 heterocycles. The summed E-state index contributed by atoms with van der Waals surface area (Å²) in [6.07, 6.45) is 0. The van der Waals surface area contributed by atoms with Crippen molar-refractivity contribution < 1.29 is 13.2 Å². The number of sulfone groups is 1. The van der Waals surface area contributed by atoms with Crippen molar-refractivity contribution in [1.82, 2.24) is 10.2 Å². The molecule has 17 heavy (non-hydrogen) atoms. The van der Waals surface area contributed by atoms with Gasteiger partial charge in [0, 0.05) is 19.6 Å². The van der Waals surface area contributed by atoms with Crippen molar-refractivity contribution in [3.63, 3.8) is 0 Å². The first-order valence-corrected chi connectivity index (χ1v) is 7.72. The molecule has 0 aliphatic carbocycles. The molecule has 0 aromatic heterocycles. The normalized spacial score (nSPS) is 12.6. The summed E-state index contributed by atoms with van der Waals surface area (Å²) in [5, 5.41) is 2.78. The zero-order chi connectivity index (χ0) is 13.3. The summed E-state index contributed by atoms with van der Waals surface area (Å²) in [7, 11) is 1.08. The summed E-state index contributed by atoms with van der Waals surface area (Å²) in [5.41, 5.74) is 0. The molecule has 0 amide bonds. The Balaban J connectivity index is 3.36. The van der Waals surface area contributed by atoms with Crippen LogP contribution in [0.4, 0.5) is 0 Å². The van der Waals surface area contributed by atoms with Crippen molar-refractivity contribution in [1.29, 1.82) is 0 Å². The van der Waals surface area contributed by atoms with Crippen molar-refractivity contribution in [2.45, 2.75) is 19.1 Å². The molecule has 0 fully saturated rings. The van der Waals surface area contributed by atoms with Crippen LogP contribution in [0.15, 0.2) is 0 Å². The Kier molecular flexibility index (Phi) is 8.77. The van der Waals surface area contributed by atoms with Crippen LogP contribution >= 0.6 is 0 Å². The van der Waals surface area contributed by atoms with Crippen molar-refractivity contribution in [3.8, 4) is 0 Å². The Morgan fingerprint density at radius 3 is 2.35 bits per heavy atom. The predicted octanol–water partition coefficient (Wildman–Crippen LogP) is -0.0226. The Morgan fingerprint density at radius 2 is 1.82 bits per heavy atom. The van der Waals surface area contributed by atoms with E-state index in [4.69, 9.17) is 4.74 Å². The Bertz CT molecular complexity index is 276. The van der Waals surface area contributed by atoms with E-state index in [0.717, 1.165) is 6.54 Å². The van der Waals surface area contributed by atoms with Crippen LogP contribution in [0.2, 0.25) is 0 Å². The average molecular weight is 266 g/mol. The molecule has 0 radical (unpaired) electrons. The van der Waals surface area contributed by atoms with E-state index in [2.05, 4.69) is 10.2 Å². The topological polar surface area (TPSA) is 58.6 Å². The number of hydrogen-bond donors (Lipinski definition) is 1. The van der Waals surface area contributed by atoms with E-state index < -0.39 is 9.84 Å². The average Bonchev–Trinajstić information content (AvgIpc) is 2.21. The molecule has 0 rings (SSSR count). The van der Waals surface area contributed by atoms with Gasteiger partial charge in [-0.1, -0.05) is 0 Å². The minimum absolute atomic E-state index is 0.197. The van der Waals surface area contributed by atoms with Gasteiger partial charge in [-0.15, -0.1) is 0 Å². The van der Waals surface area contributed by atoms with Crippen LogP contribution in [0.1, 0.15) is 13.8 Å². The molecular formula is C11H26N2O3S. The number of nitrogens with one attached hydrogen (secondary N) is 1. The third-order valence-electron chi connectivity index (χ3n) is 2.39. The van der Waals surface area contributed by atoms with Crippen LogP contribution in [0.3, 0.4) is 0 Å². The summed E-state index contributed by atoms with van der Waals surface area (Å²) in [4.78, 5) is 2.06. The van der Waals surface area contributed by atoms with Crippen LogP contribution in [0.25, 0.3) is 0 Å². The molecule has 0 saturated heterocycles. The maximum atomic E-state index is 11.5. The maximum absolute atomic E-state index is 11.5. The fraction of sp³-hybridized carbons (Fsp3) is 1.00. The highest BCUT2D eigenvalue weighted by Gasteiger charge is 2.14. The highest BCUT2D eigenvalue weighted by molar-refractivity contribution is 7.92. The molecule has 0 aliphatic rings.